The molecule has 1 saturated carbocycles. The number of nitrogens with zero attached hydrogens (tertiary/aromatic N) is 6. The molecule has 42 heavy (non-hydrogen) atoms. The van der Waals surface area contributed by atoms with Gasteiger partial charge >= 0.3 is 10.2 Å². The van der Waals surface area contributed by atoms with Gasteiger partial charge < -0.3 is 14.4 Å². The molecule has 0 unspecified atom stereocenters. The number of morpholine rings is 1. The summed E-state index contributed by atoms with van der Waals surface area (Å²) in [6, 6.07) is 9.80. The number of piperidine rings is 1. The first-order valence-electron chi connectivity index (χ1n) is 14.6. The minimum absolute atomic E-state index is 0.0300. The van der Waals surface area contributed by atoms with E-state index in [4.69, 9.17) is 19.6 Å². The fourth-order valence-electron chi connectivity index (χ4n) is 6.05. The standard InChI is InChI=1S/C29H39N7O5S/c1-33(2)42(38,39)32-29(37)24-19-25(35-12-10-21(11-13-35)34-14-16-41-17-15-34)26-27(20-6-4-7-20)31-36(28(26)30-24)22-8-5-9-23(18-22)40-3/h5,8-9,18-21H,4,6-7,10-17H2,1-3H3,(H,32,37). The van der Waals surface area contributed by atoms with Crippen LogP contribution in [0.3, 0.4) is 0 Å². The lowest BCUT2D eigenvalue weighted by atomic mass is 9.82. The maximum atomic E-state index is 13.4. The topological polar surface area (TPSA) is 122 Å². The van der Waals surface area contributed by atoms with Gasteiger partial charge in [-0.3, -0.25) is 9.69 Å². The minimum Gasteiger partial charge on any atom is -0.497 e. The molecule has 1 N–H and O–H groups in total. The van der Waals surface area contributed by atoms with Crippen LogP contribution in [0.2, 0.25) is 0 Å². The molecule has 3 aromatic rings. The van der Waals surface area contributed by atoms with E-state index in [0.29, 0.717) is 23.4 Å². The molecular formula is C29H39N7O5S. The summed E-state index contributed by atoms with van der Waals surface area (Å²) in [6.07, 6.45) is 5.22. The Morgan fingerprint density at radius 2 is 1.81 bits per heavy atom. The van der Waals surface area contributed by atoms with Crippen LogP contribution in [0.15, 0.2) is 30.3 Å². The van der Waals surface area contributed by atoms with Crippen molar-refractivity contribution in [2.24, 2.45) is 0 Å². The van der Waals surface area contributed by atoms with Gasteiger partial charge in [0.2, 0.25) is 0 Å². The lowest BCUT2D eigenvalue weighted by Crippen LogP contribution is -2.49. The Balaban J connectivity index is 1.46. The SMILES string of the molecule is COc1cccc(-n2nc(C3CCC3)c3c(N4CCC(N5CCOCC5)CC4)cc(C(=O)NS(=O)(=O)N(C)C)nc32)c1. The lowest BCUT2D eigenvalue weighted by Gasteiger charge is -2.41. The number of anilines is 1. The Morgan fingerprint density at radius 1 is 1.07 bits per heavy atom. The van der Waals surface area contributed by atoms with Crippen LogP contribution in [0.4, 0.5) is 5.69 Å². The first kappa shape index (κ1) is 28.8. The monoisotopic (exact) mass is 597 g/mol. The van der Waals surface area contributed by atoms with Crippen molar-refractivity contribution < 1.29 is 22.7 Å². The number of amides is 1. The normalized spacial score (nSPS) is 19.3. The number of aromatic nitrogens is 3. The molecule has 2 saturated heterocycles. The van der Waals surface area contributed by atoms with Gasteiger partial charge in [0.1, 0.15) is 11.4 Å². The third kappa shape index (κ3) is 5.58. The molecule has 1 aliphatic carbocycles. The summed E-state index contributed by atoms with van der Waals surface area (Å²) in [5.74, 6) is 0.205. The summed E-state index contributed by atoms with van der Waals surface area (Å²) in [4.78, 5) is 23.0. The molecule has 3 fully saturated rings. The van der Waals surface area contributed by atoms with Crippen LogP contribution in [0.25, 0.3) is 16.7 Å². The molecule has 0 bridgehead atoms. The van der Waals surface area contributed by atoms with Gasteiger partial charge in [-0.25, -0.2) is 14.4 Å². The number of pyridine rings is 1. The fraction of sp³-hybridized carbons (Fsp3) is 0.552. The second kappa shape index (κ2) is 11.8. The molecule has 12 nitrogen and oxygen atoms in total. The number of hydrogen-bond acceptors (Lipinski definition) is 9. The number of carbonyl (C=O) groups excluding carboxylic acids is 1. The van der Waals surface area contributed by atoms with E-state index in [0.717, 1.165) is 98.3 Å². The number of benzene rings is 1. The third-order valence-corrected chi connectivity index (χ3v) is 10.1. The Bertz CT molecular complexity index is 1560. The Morgan fingerprint density at radius 3 is 2.45 bits per heavy atom. The van der Waals surface area contributed by atoms with Crippen LogP contribution in [-0.2, 0) is 14.9 Å². The fourth-order valence-corrected chi connectivity index (χ4v) is 6.57. The molecule has 2 aliphatic heterocycles. The quantitative estimate of drug-likeness (QED) is 0.417. The van der Waals surface area contributed by atoms with Crippen LogP contribution in [0.5, 0.6) is 5.75 Å². The van der Waals surface area contributed by atoms with Crippen molar-refractivity contribution in [3.05, 3.63) is 41.7 Å². The lowest BCUT2D eigenvalue weighted by molar-refractivity contribution is 0.0115. The van der Waals surface area contributed by atoms with E-state index in [-0.39, 0.29) is 5.69 Å². The first-order chi connectivity index (χ1) is 20.2. The molecule has 4 heterocycles. The zero-order valence-corrected chi connectivity index (χ0v) is 25.3. The molecule has 0 spiro atoms. The van der Waals surface area contributed by atoms with Crippen molar-refractivity contribution in [2.45, 2.75) is 44.1 Å². The summed E-state index contributed by atoms with van der Waals surface area (Å²) in [5.41, 5.74) is 3.18. The maximum Gasteiger partial charge on any atom is 0.303 e. The highest BCUT2D eigenvalue weighted by Crippen LogP contribution is 2.43. The Hall–Kier alpha value is -3.26. The minimum atomic E-state index is -4.01. The average molecular weight is 598 g/mol. The predicted octanol–water partition coefficient (Wildman–Crippen LogP) is 2.53. The molecular weight excluding hydrogens is 558 g/mol. The van der Waals surface area contributed by atoms with Crippen molar-refractivity contribution in [2.75, 3.05) is 65.5 Å². The van der Waals surface area contributed by atoms with Gasteiger partial charge in [-0.05, 0) is 43.9 Å². The second-order valence-electron chi connectivity index (χ2n) is 11.4. The van der Waals surface area contributed by atoms with Gasteiger partial charge in [0.05, 0.1) is 42.8 Å². The zero-order chi connectivity index (χ0) is 29.4. The van der Waals surface area contributed by atoms with Crippen molar-refractivity contribution in [3.63, 3.8) is 0 Å². The zero-order valence-electron chi connectivity index (χ0n) is 24.5. The van der Waals surface area contributed by atoms with Gasteiger partial charge in [0.15, 0.2) is 5.65 Å². The number of carbonyl (C=O) groups is 1. The number of nitrogens with one attached hydrogen (secondary N) is 1. The molecule has 1 amide bonds. The van der Waals surface area contributed by atoms with Gasteiger partial charge in [0.25, 0.3) is 5.91 Å². The largest absolute Gasteiger partial charge is 0.497 e. The molecule has 13 heteroatoms. The molecule has 0 radical (unpaired) electrons. The molecule has 3 aliphatic rings. The van der Waals surface area contributed by atoms with Crippen LogP contribution in [0.1, 0.15) is 54.2 Å². The smallest absolute Gasteiger partial charge is 0.303 e. The maximum absolute atomic E-state index is 13.4. The van der Waals surface area contributed by atoms with Crippen molar-refractivity contribution in [3.8, 4) is 11.4 Å². The predicted molar refractivity (Wildman–Crippen MR) is 160 cm³/mol. The molecule has 6 rings (SSSR count). The second-order valence-corrected chi connectivity index (χ2v) is 13.3. The molecule has 0 atom stereocenters. The van der Waals surface area contributed by atoms with E-state index in [2.05, 4.69) is 14.5 Å². The van der Waals surface area contributed by atoms with Gasteiger partial charge in [-0.1, -0.05) is 12.5 Å². The van der Waals surface area contributed by atoms with Gasteiger partial charge in [0, 0.05) is 58.3 Å². The van der Waals surface area contributed by atoms with E-state index in [1.165, 1.54) is 14.1 Å². The van der Waals surface area contributed by atoms with E-state index in [1.807, 2.05) is 24.3 Å². The van der Waals surface area contributed by atoms with E-state index in [1.54, 1.807) is 17.9 Å². The molecule has 1 aromatic carbocycles. The Kier molecular flexibility index (Phi) is 8.09. The van der Waals surface area contributed by atoms with Crippen LogP contribution >= 0.6 is 0 Å². The molecule has 2 aromatic heterocycles. The van der Waals surface area contributed by atoms with Crippen LogP contribution in [0, 0.1) is 0 Å². The van der Waals surface area contributed by atoms with Crippen LogP contribution < -0.4 is 14.4 Å². The summed E-state index contributed by atoms with van der Waals surface area (Å²) < 4.78 is 41.1. The average Bonchev–Trinajstić information content (AvgIpc) is 3.35. The number of hydrogen-bond donors (Lipinski definition) is 1. The number of rotatable bonds is 8. The van der Waals surface area contributed by atoms with Crippen molar-refractivity contribution >= 4 is 32.8 Å². The summed E-state index contributed by atoms with van der Waals surface area (Å²) in [5, 5.41) is 6.03. The highest BCUT2D eigenvalue weighted by molar-refractivity contribution is 7.87. The number of fused-ring (bicyclic) bond motifs is 1. The van der Waals surface area contributed by atoms with Crippen molar-refractivity contribution in [1.82, 2.24) is 28.7 Å². The van der Waals surface area contributed by atoms with E-state index in [9.17, 15) is 13.2 Å². The van der Waals surface area contributed by atoms with E-state index < -0.39 is 16.1 Å². The highest BCUT2D eigenvalue weighted by atomic mass is 32.2. The first-order valence-corrected chi connectivity index (χ1v) is 16.1. The molecule has 226 valence electrons. The summed E-state index contributed by atoms with van der Waals surface area (Å²) in [7, 11) is 0.359. The van der Waals surface area contributed by atoms with E-state index >= 15 is 0 Å². The van der Waals surface area contributed by atoms with Gasteiger partial charge in [-0.15, -0.1) is 0 Å². The highest BCUT2D eigenvalue weighted by Gasteiger charge is 2.33. The summed E-state index contributed by atoms with van der Waals surface area (Å²) >= 11 is 0. The van der Waals surface area contributed by atoms with Crippen molar-refractivity contribution in [1.29, 1.82) is 0 Å². The Labute approximate surface area is 246 Å². The number of ether oxygens (including phenoxy) is 2. The number of methoxy groups -OCH3 is 1. The van der Waals surface area contributed by atoms with Gasteiger partial charge in [-0.2, -0.15) is 17.8 Å². The summed E-state index contributed by atoms with van der Waals surface area (Å²) in [6.45, 7) is 5.07. The third-order valence-electron chi connectivity index (χ3n) is 8.74. The van der Waals surface area contributed by atoms with Crippen LogP contribution in [-0.4, -0.2) is 105 Å².